The maximum Gasteiger partial charge on any atom is 0.0927 e. The topological polar surface area (TPSA) is 25.8 Å². The number of rotatable bonds is 1. The maximum absolute atomic E-state index is 4.88. The van der Waals surface area contributed by atoms with Crippen molar-refractivity contribution in [3.63, 3.8) is 0 Å². The van der Waals surface area contributed by atoms with E-state index in [1.165, 1.54) is 11.1 Å². The van der Waals surface area contributed by atoms with Crippen molar-refractivity contribution < 1.29 is 0 Å². The van der Waals surface area contributed by atoms with Gasteiger partial charge in [-0.1, -0.05) is 54.6 Å². The highest BCUT2D eigenvalue weighted by atomic mass is 14.9. The van der Waals surface area contributed by atoms with Crippen molar-refractivity contribution in [2.45, 2.75) is 13.3 Å². The standard InChI is InChI=1S/C18H14N2/c1-12-17(13-7-3-2-4-8-13)20-16-11-14-9-5-6-10-15(14)18(16)19-12/h2-10H,11H2,1H3. The fourth-order valence-corrected chi connectivity index (χ4v) is 2.85. The van der Waals surface area contributed by atoms with Crippen LogP contribution in [-0.2, 0) is 6.42 Å². The van der Waals surface area contributed by atoms with Gasteiger partial charge in [0.05, 0.1) is 22.8 Å². The third-order valence-electron chi connectivity index (χ3n) is 3.82. The molecule has 0 aliphatic heterocycles. The highest BCUT2D eigenvalue weighted by Gasteiger charge is 2.22. The molecule has 0 N–H and O–H groups in total. The highest BCUT2D eigenvalue weighted by molar-refractivity contribution is 5.74. The van der Waals surface area contributed by atoms with E-state index in [4.69, 9.17) is 9.97 Å². The van der Waals surface area contributed by atoms with Gasteiger partial charge in [0.1, 0.15) is 0 Å². The van der Waals surface area contributed by atoms with Gasteiger partial charge in [0, 0.05) is 17.5 Å². The quantitative estimate of drug-likeness (QED) is 0.515. The second-order valence-corrected chi connectivity index (χ2v) is 5.15. The maximum atomic E-state index is 4.88. The molecule has 1 aromatic heterocycles. The van der Waals surface area contributed by atoms with Crippen molar-refractivity contribution in [3.8, 4) is 22.5 Å². The summed E-state index contributed by atoms with van der Waals surface area (Å²) in [5.41, 5.74) is 7.83. The SMILES string of the molecule is Cc1nc2c(nc1-c1ccccc1)Cc1ccccc1-2. The number of aromatic nitrogens is 2. The van der Waals surface area contributed by atoms with E-state index in [0.29, 0.717) is 0 Å². The molecule has 0 radical (unpaired) electrons. The van der Waals surface area contributed by atoms with Crippen LogP contribution in [0.3, 0.4) is 0 Å². The van der Waals surface area contributed by atoms with Crippen molar-refractivity contribution in [2.24, 2.45) is 0 Å². The van der Waals surface area contributed by atoms with Crippen LogP contribution in [0.2, 0.25) is 0 Å². The average Bonchev–Trinajstić information content (AvgIpc) is 2.85. The number of aryl methyl sites for hydroxylation is 1. The number of benzene rings is 2. The third kappa shape index (κ3) is 1.65. The van der Waals surface area contributed by atoms with Crippen LogP contribution in [0.5, 0.6) is 0 Å². The van der Waals surface area contributed by atoms with Crippen LogP contribution in [0.15, 0.2) is 54.6 Å². The third-order valence-corrected chi connectivity index (χ3v) is 3.82. The molecule has 0 spiro atoms. The molecule has 1 heterocycles. The summed E-state index contributed by atoms with van der Waals surface area (Å²) in [6.07, 6.45) is 0.888. The second kappa shape index (κ2) is 4.27. The van der Waals surface area contributed by atoms with E-state index in [0.717, 1.165) is 34.8 Å². The van der Waals surface area contributed by atoms with Crippen LogP contribution in [0.1, 0.15) is 17.0 Å². The van der Waals surface area contributed by atoms with Crippen molar-refractivity contribution in [1.82, 2.24) is 9.97 Å². The summed E-state index contributed by atoms with van der Waals surface area (Å²) < 4.78 is 0. The molecule has 2 aromatic carbocycles. The van der Waals surface area contributed by atoms with E-state index in [2.05, 4.69) is 36.4 Å². The minimum Gasteiger partial charge on any atom is -0.249 e. The molecule has 0 amide bonds. The van der Waals surface area contributed by atoms with Gasteiger partial charge >= 0.3 is 0 Å². The Balaban J connectivity index is 1.90. The van der Waals surface area contributed by atoms with E-state index in [9.17, 15) is 0 Å². The molecule has 1 aliphatic rings. The molecule has 2 nitrogen and oxygen atoms in total. The second-order valence-electron chi connectivity index (χ2n) is 5.15. The lowest BCUT2D eigenvalue weighted by atomic mass is 10.1. The van der Waals surface area contributed by atoms with E-state index >= 15 is 0 Å². The summed E-state index contributed by atoms with van der Waals surface area (Å²) >= 11 is 0. The fraction of sp³-hybridized carbons (Fsp3) is 0.111. The number of nitrogens with zero attached hydrogens (tertiary/aromatic N) is 2. The smallest absolute Gasteiger partial charge is 0.0927 e. The molecule has 0 atom stereocenters. The van der Waals surface area contributed by atoms with Gasteiger partial charge in [0.25, 0.3) is 0 Å². The monoisotopic (exact) mass is 258 g/mol. The summed E-state index contributed by atoms with van der Waals surface area (Å²) in [5, 5.41) is 0. The molecule has 0 saturated heterocycles. The van der Waals surface area contributed by atoms with E-state index < -0.39 is 0 Å². The number of fused-ring (bicyclic) bond motifs is 3. The molecule has 0 unspecified atom stereocenters. The molecule has 1 aliphatic carbocycles. The Kier molecular flexibility index (Phi) is 2.43. The Morgan fingerprint density at radius 2 is 1.55 bits per heavy atom. The minimum absolute atomic E-state index is 0.888. The summed E-state index contributed by atoms with van der Waals surface area (Å²) in [4.78, 5) is 9.68. The molecule has 0 bridgehead atoms. The lowest BCUT2D eigenvalue weighted by Gasteiger charge is -2.08. The molecule has 3 aromatic rings. The van der Waals surface area contributed by atoms with Crippen LogP contribution >= 0.6 is 0 Å². The first-order chi connectivity index (χ1) is 9.83. The molecule has 0 saturated carbocycles. The normalized spacial score (nSPS) is 12.1. The molecule has 96 valence electrons. The van der Waals surface area contributed by atoms with Crippen LogP contribution in [0.25, 0.3) is 22.5 Å². The van der Waals surface area contributed by atoms with Gasteiger partial charge in [-0.25, -0.2) is 9.97 Å². The van der Waals surface area contributed by atoms with Crippen LogP contribution in [0, 0.1) is 6.92 Å². The minimum atomic E-state index is 0.888. The molecule has 0 fully saturated rings. The Morgan fingerprint density at radius 3 is 2.40 bits per heavy atom. The zero-order valence-corrected chi connectivity index (χ0v) is 11.3. The van der Waals surface area contributed by atoms with Crippen molar-refractivity contribution in [1.29, 1.82) is 0 Å². The Hall–Kier alpha value is -2.48. The Morgan fingerprint density at radius 1 is 0.800 bits per heavy atom. The molecule has 20 heavy (non-hydrogen) atoms. The fourth-order valence-electron chi connectivity index (χ4n) is 2.85. The lowest BCUT2D eigenvalue weighted by molar-refractivity contribution is 1.05. The van der Waals surface area contributed by atoms with Crippen LogP contribution in [-0.4, -0.2) is 9.97 Å². The van der Waals surface area contributed by atoms with E-state index in [1.807, 2.05) is 25.1 Å². The van der Waals surface area contributed by atoms with Gasteiger partial charge < -0.3 is 0 Å². The van der Waals surface area contributed by atoms with E-state index in [1.54, 1.807) is 0 Å². The summed E-state index contributed by atoms with van der Waals surface area (Å²) in [7, 11) is 0. The van der Waals surface area contributed by atoms with Crippen molar-refractivity contribution in [2.75, 3.05) is 0 Å². The van der Waals surface area contributed by atoms with Crippen LogP contribution in [0.4, 0.5) is 0 Å². The van der Waals surface area contributed by atoms with Gasteiger partial charge in [-0.2, -0.15) is 0 Å². The van der Waals surface area contributed by atoms with Crippen molar-refractivity contribution >= 4 is 0 Å². The number of hydrogen-bond acceptors (Lipinski definition) is 2. The van der Waals surface area contributed by atoms with E-state index in [-0.39, 0.29) is 0 Å². The van der Waals surface area contributed by atoms with Gasteiger partial charge in [-0.15, -0.1) is 0 Å². The zero-order chi connectivity index (χ0) is 13.5. The molecular formula is C18H14N2. The molecular weight excluding hydrogens is 244 g/mol. The summed E-state index contributed by atoms with van der Waals surface area (Å²) in [6, 6.07) is 18.7. The molecule has 4 rings (SSSR count). The van der Waals surface area contributed by atoms with Crippen LogP contribution < -0.4 is 0 Å². The Labute approximate surface area is 118 Å². The summed E-state index contributed by atoms with van der Waals surface area (Å²) in [6.45, 7) is 2.04. The van der Waals surface area contributed by atoms with Gasteiger partial charge in [-0.05, 0) is 12.5 Å². The number of hydrogen-bond donors (Lipinski definition) is 0. The highest BCUT2D eigenvalue weighted by Crippen LogP contribution is 2.35. The predicted molar refractivity (Wildman–Crippen MR) is 80.4 cm³/mol. The van der Waals surface area contributed by atoms with Gasteiger partial charge in [0.2, 0.25) is 0 Å². The van der Waals surface area contributed by atoms with Gasteiger partial charge in [0.15, 0.2) is 0 Å². The largest absolute Gasteiger partial charge is 0.249 e. The average molecular weight is 258 g/mol. The van der Waals surface area contributed by atoms with Gasteiger partial charge in [-0.3, -0.25) is 0 Å². The predicted octanol–water partition coefficient (Wildman–Crippen LogP) is 4.02. The molecule has 2 heteroatoms. The van der Waals surface area contributed by atoms with Crippen molar-refractivity contribution in [3.05, 3.63) is 71.5 Å². The lowest BCUT2D eigenvalue weighted by Crippen LogP contribution is -1.98. The Bertz CT molecular complexity index is 792. The summed E-state index contributed by atoms with van der Waals surface area (Å²) in [5.74, 6) is 0. The first kappa shape index (κ1) is 11.4. The first-order valence-electron chi connectivity index (χ1n) is 6.84. The zero-order valence-electron chi connectivity index (χ0n) is 11.3. The first-order valence-corrected chi connectivity index (χ1v) is 6.84.